The lowest BCUT2D eigenvalue weighted by molar-refractivity contribution is -0.132. The maximum Gasteiger partial charge on any atom is 0.450 e. The van der Waals surface area contributed by atoms with Crippen molar-refractivity contribution in [2.45, 2.75) is 20.8 Å². The van der Waals surface area contributed by atoms with Gasteiger partial charge in [-0.3, -0.25) is 9.05 Å². The average molecular weight is 266 g/mol. The lowest BCUT2D eigenvalue weighted by atomic mass is 10.7. The van der Waals surface area contributed by atoms with Crippen LogP contribution in [0.25, 0.3) is 0 Å². The van der Waals surface area contributed by atoms with Crippen molar-refractivity contribution in [2.24, 2.45) is 5.10 Å². The van der Waals surface area contributed by atoms with Crippen molar-refractivity contribution in [3.63, 3.8) is 0 Å². The Hall–Kier alpha value is -0.910. The minimum atomic E-state index is -3.47. The van der Waals surface area contributed by atoms with Gasteiger partial charge in [0.25, 0.3) is 0 Å². The van der Waals surface area contributed by atoms with Gasteiger partial charge in [0.05, 0.1) is 20.3 Å². The van der Waals surface area contributed by atoms with Crippen LogP contribution in [0, 0.1) is 0 Å². The number of carbonyl (C=O) groups is 1. The smallest absolute Gasteiger partial charge is 0.450 e. The molecule has 8 heteroatoms. The van der Waals surface area contributed by atoms with E-state index in [-0.39, 0.29) is 19.8 Å². The fourth-order valence-electron chi connectivity index (χ4n) is 0.981. The Morgan fingerprint density at radius 3 is 2.18 bits per heavy atom. The van der Waals surface area contributed by atoms with Crippen LogP contribution in [0.4, 0.5) is 0 Å². The summed E-state index contributed by atoms with van der Waals surface area (Å²) in [5.74, 6) is -0.636. The van der Waals surface area contributed by atoms with Crippen LogP contribution in [-0.2, 0) is 23.1 Å². The normalized spacial score (nSPS) is 11.8. The van der Waals surface area contributed by atoms with E-state index in [4.69, 9.17) is 9.05 Å². The van der Waals surface area contributed by atoms with Crippen LogP contribution in [-0.4, -0.2) is 43.8 Å². The van der Waals surface area contributed by atoms with Crippen LogP contribution in [0.2, 0.25) is 0 Å². The summed E-state index contributed by atoms with van der Waals surface area (Å²) < 4.78 is 27.9. The summed E-state index contributed by atoms with van der Waals surface area (Å²) in [7, 11) is -2.24. The number of methoxy groups -OCH3 is 1. The number of nitrogens with zero attached hydrogens (tertiary/aromatic N) is 2. The second-order valence-electron chi connectivity index (χ2n) is 2.76. The molecule has 0 saturated carbocycles. The molecular weight excluding hydrogens is 247 g/mol. The first-order valence-electron chi connectivity index (χ1n) is 5.33. The van der Waals surface area contributed by atoms with Crippen LogP contribution >= 0.6 is 7.75 Å². The van der Waals surface area contributed by atoms with E-state index in [0.29, 0.717) is 0 Å². The van der Waals surface area contributed by atoms with Gasteiger partial charge >= 0.3 is 13.7 Å². The Bertz CT molecular complexity index is 298. The molecule has 0 aliphatic heterocycles. The van der Waals surface area contributed by atoms with Crippen LogP contribution in [0.15, 0.2) is 5.10 Å². The first-order chi connectivity index (χ1) is 8.03. The molecule has 0 aliphatic carbocycles. The van der Waals surface area contributed by atoms with E-state index in [9.17, 15) is 9.36 Å². The number of hydrogen-bond donors (Lipinski definition) is 0. The van der Waals surface area contributed by atoms with Gasteiger partial charge in [-0.25, -0.2) is 14.1 Å². The first kappa shape index (κ1) is 16.1. The van der Waals surface area contributed by atoms with Gasteiger partial charge in [-0.05, 0) is 20.8 Å². The van der Waals surface area contributed by atoms with Gasteiger partial charge in [0.1, 0.15) is 6.21 Å². The van der Waals surface area contributed by atoms with Gasteiger partial charge in [0, 0.05) is 6.54 Å². The predicted molar refractivity (Wildman–Crippen MR) is 63.7 cm³/mol. The van der Waals surface area contributed by atoms with Gasteiger partial charge in [-0.1, -0.05) is 0 Å². The summed E-state index contributed by atoms with van der Waals surface area (Å²) in [5.41, 5.74) is 0. The van der Waals surface area contributed by atoms with E-state index in [2.05, 4.69) is 9.84 Å². The third-order valence-electron chi connectivity index (χ3n) is 1.65. The third-order valence-corrected chi connectivity index (χ3v) is 3.77. The molecule has 0 heterocycles. The molecule has 0 aliphatic rings. The third kappa shape index (κ3) is 5.30. The molecule has 0 bridgehead atoms. The number of ether oxygens (including phenoxy) is 1. The van der Waals surface area contributed by atoms with Crippen molar-refractivity contribution >= 4 is 19.9 Å². The first-order valence-corrected chi connectivity index (χ1v) is 6.82. The number of hydrogen-bond acceptors (Lipinski definition) is 6. The minimum Gasteiger partial charge on any atom is -0.465 e. The molecule has 0 N–H and O–H groups in total. The van der Waals surface area contributed by atoms with E-state index >= 15 is 0 Å². The van der Waals surface area contributed by atoms with Gasteiger partial charge < -0.3 is 4.74 Å². The van der Waals surface area contributed by atoms with Crippen molar-refractivity contribution < 1.29 is 23.1 Å². The highest BCUT2D eigenvalue weighted by atomic mass is 31.2. The highest BCUT2D eigenvalue weighted by Crippen LogP contribution is 2.51. The monoisotopic (exact) mass is 266 g/mol. The zero-order valence-electron chi connectivity index (χ0n) is 10.6. The van der Waals surface area contributed by atoms with Crippen LogP contribution in [0.5, 0.6) is 0 Å². The van der Waals surface area contributed by atoms with Crippen molar-refractivity contribution in [2.75, 3.05) is 26.9 Å². The lowest BCUT2D eigenvalue weighted by Gasteiger charge is -2.25. The molecule has 0 rings (SSSR count). The Labute approximate surface area is 101 Å². The molecule has 0 atom stereocenters. The molecule has 0 aromatic carbocycles. The number of carbonyl (C=O) groups excluding carboxylic acids is 1. The summed E-state index contributed by atoms with van der Waals surface area (Å²) in [4.78, 5) is 10.9. The van der Waals surface area contributed by atoms with Crippen molar-refractivity contribution in [1.82, 2.24) is 4.78 Å². The average Bonchev–Trinajstić information content (AvgIpc) is 2.29. The molecule has 17 heavy (non-hydrogen) atoms. The van der Waals surface area contributed by atoms with Crippen molar-refractivity contribution in [3.8, 4) is 0 Å². The van der Waals surface area contributed by atoms with Gasteiger partial charge in [-0.2, -0.15) is 5.10 Å². The largest absolute Gasteiger partial charge is 0.465 e. The SMILES string of the molecule is CCOP(=O)(OCC)N(CC)/N=C/C(=O)OC. The summed E-state index contributed by atoms with van der Waals surface area (Å²) in [5, 5.41) is 3.74. The van der Waals surface area contributed by atoms with Crippen molar-refractivity contribution in [1.29, 1.82) is 0 Å². The summed E-state index contributed by atoms with van der Waals surface area (Å²) in [6.45, 7) is 5.85. The number of esters is 1. The molecular formula is C9H19N2O5P. The molecule has 0 saturated heterocycles. The Morgan fingerprint density at radius 1 is 1.29 bits per heavy atom. The topological polar surface area (TPSA) is 77.4 Å². The predicted octanol–water partition coefficient (Wildman–Crippen LogP) is 1.65. The summed E-state index contributed by atoms with van der Waals surface area (Å²) in [6.07, 6.45) is 0.925. The fourth-order valence-corrected chi connectivity index (χ4v) is 2.50. The van der Waals surface area contributed by atoms with E-state index in [0.717, 1.165) is 11.0 Å². The molecule has 0 unspecified atom stereocenters. The molecule has 0 radical (unpaired) electrons. The second kappa shape index (κ2) is 8.22. The molecule has 100 valence electrons. The number of rotatable bonds is 8. The van der Waals surface area contributed by atoms with Crippen LogP contribution < -0.4 is 0 Å². The highest BCUT2D eigenvalue weighted by molar-refractivity contribution is 7.51. The van der Waals surface area contributed by atoms with Crippen molar-refractivity contribution in [3.05, 3.63) is 0 Å². The van der Waals surface area contributed by atoms with E-state index in [1.54, 1.807) is 20.8 Å². The molecule has 0 aromatic heterocycles. The van der Waals surface area contributed by atoms with E-state index in [1.165, 1.54) is 7.11 Å². The zero-order chi connectivity index (χ0) is 13.3. The van der Waals surface area contributed by atoms with Crippen LogP contribution in [0.1, 0.15) is 20.8 Å². The Balaban J connectivity index is 4.84. The van der Waals surface area contributed by atoms with E-state index in [1.807, 2.05) is 0 Å². The van der Waals surface area contributed by atoms with E-state index < -0.39 is 13.7 Å². The maximum atomic E-state index is 12.3. The molecule has 7 nitrogen and oxygen atoms in total. The van der Waals surface area contributed by atoms with Gasteiger partial charge in [-0.15, -0.1) is 0 Å². The lowest BCUT2D eigenvalue weighted by Crippen LogP contribution is -2.19. The Morgan fingerprint density at radius 2 is 1.82 bits per heavy atom. The molecule has 0 spiro atoms. The number of hydrazone groups is 1. The van der Waals surface area contributed by atoms with Crippen LogP contribution in [0.3, 0.4) is 0 Å². The minimum absolute atomic E-state index is 0.224. The Kier molecular flexibility index (Phi) is 7.78. The second-order valence-corrected chi connectivity index (χ2v) is 4.68. The summed E-state index contributed by atoms with van der Waals surface area (Å²) in [6, 6.07) is 0. The zero-order valence-corrected chi connectivity index (χ0v) is 11.5. The van der Waals surface area contributed by atoms with Gasteiger partial charge in [0.2, 0.25) is 0 Å². The fraction of sp³-hybridized carbons (Fsp3) is 0.778. The summed E-state index contributed by atoms with van der Waals surface area (Å²) >= 11 is 0. The standard InChI is InChI=1S/C9H19N2O5P/c1-5-11(10-8-9(12)14-4)17(13,15-6-2)16-7-3/h8H,5-7H2,1-4H3/b10-8+. The maximum absolute atomic E-state index is 12.3. The highest BCUT2D eigenvalue weighted by Gasteiger charge is 2.31. The molecule has 0 amide bonds. The quantitative estimate of drug-likeness (QED) is 0.288. The molecule has 0 aromatic rings. The molecule has 0 fully saturated rings. The van der Waals surface area contributed by atoms with Gasteiger partial charge in [0.15, 0.2) is 0 Å².